The van der Waals surface area contributed by atoms with E-state index in [-0.39, 0.29) is 5.92 Å². The Bertz CT molecular complexity index is 288. The van der Waals surface area contributed by atoms with E-state index in [0.29, 0.717) is 24.0 Å². The van der Waals surface area contributed by atoms with Crippen molar-refractivity contribution < 1.29 is 4.79 Å². The van der Waals surface area contributed by atoms with E-state index in [2.05, 4.69) is 23.6 Å². The monoisotopic (exact) mass is 238 g/mol. The molecule has 17 heavy (non-hydrogen) atoms. The van der Waals surface area contributed by atoms with Gasteiger partial charge in [0.25, 0.3) is 0 Å². The number of carbonyl (C=O) groups excluding carboxylic acids is 1. The van der Waals surface area contributed by atoms with Crippen LogP contribution in [0.5, 0.6) is 0 Å². The van der Waals surface area contributed by atoms with Gasteiger partial charge in [0, 0.05) is 25.0 Å². The van der Waals surface area contributed by atoms with E-state index in [1.807, 2.05) is 13.8 Å². The first-order valence-corrected chi connectivity index (χ1v) is 7.07. The zero-order valence-corrected chi connectivity index (χ0v) is 11.6. The highest BCUT2D eigenvalue weighted by molar-refractivity contribution is 5.78. The molecule has 2 aliphatic heterocycles. The van der Waals surface area contributed by atoms with Gasteiger partial charge in [-0.1, -0.05) is 27.7 Å². The van der Waals surface area contributed by atoms with Gasteiger partial charge in [-0.2, -0.15) is 0 Å². The quantitative estimate of drug-likeness (QED) is 0.753. The highest BCUT2D eigenvalue weighted by Crippen LogP contribution is 2.33. The van der Waals surface area contributed by atoms with Crippen LogP contribution in [0.15, 0.2) is 0 Å². The molecule has 2 heterocycles. The molecule has 2 atom stereocenters. The van der Waals surface area contributed by atoms with Crippen molar-refractivity contribution in [3.8, 4) is 0 Å². The second-order valence-electron chi connectivity index (χ2n) is 6.29. The Morgan fingerprint density at radius 1 is 1.29 bits per heavy atom. The average Bonchev–Trinajstić information content (AvgIpc) is 2.79. The van der Waals surface area contributed by atoms with Crippen LogP contribution in [-0.4, -0.2) is 41.0 Å². The molecule has 2 saturated heterocycles. The van der Waals surface area contributed by atoms with Crippen molar-refractivity contribution in [2.24, 2.45) is 11.8 Å². The molecule has 0 bridgehead atoms. The summed E-state index contributed by atoms with van der Waals surface area (Å²) in [6.07, 6.45) is 4.08. The lowest BCUT2D eigenvalue weighted by Crippen LogP contribution is -2.44. The Kier molecular flexibility index (Phi) is 3.76. The lowest BCUT2D eigenvalue weighted by molar-refractivity contribution is -0.137. The Morgan fingerprint density at radius 2 is 2.00 bits per heavy atom. The summed E-state index contributed by atoms with van der Waals surface area (Å²) in [7, 11) is 0. The van der Waals surface area contributed by atoms with Crippen molar-refractivity contribution in [1.82, 2.24) is 9.80 Å². The molecule has 3 heteroatoms. The molecule has 0 saturated carbocycles. The Hall–Kier alpha value is -0.570. The third-order valence-corrected chi connectivity index (χ3v) is 4.03. The van der Waals surface area contributed by atoms with Crippen molar-refractivity contribution in [1.29, 1.82) is 0 Å². The largest absolute Gasteiger partial charge is 0.325 e. The summed E-state index contributed by atoms with van der Waals surface area (Å²) in [4.78, 5) is 17.0. The molecular weight excluding hydrogens is 212 g/mol. The molecule has 2 fully saturated rings. The van der Waals surface area contributed by atoms with Crippen LogP contribution < -0.4 is 0 Å². The smallest absolute Gasteiger partial charge is 0.226 e. The van der Waals surface area contributed by atoms with E-state index >= 15 is 0 Å². The molecule has 0 N–H and O–H groups in total. The van der Waals surface area contributed by atoms with Crippen molar-refractivity contribution in [3.05, 3.63) is 0 Å². The number of hydrogen-bond donors (Lipinski definition) is 0. The van der Waals surface area contributed by atoms with Gasteiger partial charge >= 0.3 is 0 Å². The molecule has 0 aromatic rings. The van der Waals surface area contributed by atoms with Gasteiger partial charge in [-0.3, -0.25) is 9.69 Å². The van der Waals surface area contributed by atoms with Crippen LogP contribution >= 0.6 is 0 Å². The average molecular weight is 238 g/mol. The van der Waals surface area contributed by atoms with Crippen LogP contribution in [0, 0.1) is 11.8 Å². The molecule has 1 amide bonds. The summed E-state index contributed by atoms with van der Waals surface area (Å²) in [6, 6.07) is 0.640. The maximum atomic E-state index is 12.3. The second-order valence-corrected chi connectivity index (χ2v) is 6.29. The molecule has 2 rings (SSSR count). The zero-order chi connectivity index (χ0) is 12.6. The zero-order valence-electron chi connectivity index (χ0n) is 11.6. The van der Waals surface area contributed by atoms with Gasteiger partial charge in [0.1, 0.15) is 0 Å². The molecule has 0 aromatic heterocycles. The highest BCUT2D eigenvalue weighted by Gasteiger charge is 2.44. The summed E-state index contributed by atoms with van der Waals surface area (Å²) in [5.41, 5.74) is 0. The predicted molar refractivity (Wildman–Crippen MR) is 69.5 cm³/mol. The Morgan fingerprint density at radius 3 is 2.59 bits per heavy atom. The van der Waals surface area contributed by atoms with Gasteiger partial charge in [-0.15, -0.1) is 0 Å². The van der Waals surface area contributed by atoms with Crippen LogP contribution in [-0.2, 0) is 4.79 Å². The minimum atomic E-state index is 0.129. The predicted octanol–water partition coefficient (Wildman–Crippen LogP) is 2.32. The normalized spacial score (nSPS) is 29.4. The number of fused-ring (bicyclic) bond motifs is 1. The molecular formula is C14H26N2O. The van der Waals surface area contributed by atoms with Gasteiger partial charge in [0.05, 0.1) is 6.17 Å². The fraction of sp³-hybridized carbons (Fsp3) is 0.929. The Labute approximate surface area is 105 Å². The summed E-state index contributed by atoms with van der Waals surface area (Å²) in [5.74, 6) is 1.12. The first kappa shape index (κ1) is 12.9. The standard InChI is InChI=1S/C14H26N2O/c1-10(2)8-13-15-7-5-6-12(15)9-16(13)14(17)11(3)4/h10-13H,5-9H2,1-4H3. The Balaban J connectivity index is 2.11. The summed E-state index contributed by atoms with van der Waals surface area (Å²) >= 11 is 0. The van der Waals surface area contributed by atoms with E-state index in [9.17, 15) is 4.79 Å². The van der Waals surface area contributed by atoms with Crippen LogP contribution in [0.4, 0.5) is 0 Å². The van der Waals surface area contributed by atoms with E-state index in [4.69, 9.17) is 0 Å². The van der Waals surface area contributed by atoms with E-state index in [0.717, 1.165) is 13.0 Å². The van der Waals surface area contributed by atoms with Gasteiger partial charge < -0.3 is 4.90 Å². The molecule has 2 unspecified atom stereocenters. The topological polar surface area (TPSA) is 23.6 Å². The van der Waals surface area contributed by atoms with Gasteiger partial charge in [-0.05, 0) is 25.2 Å². The summed E-state index contributed by atoms with van der Waals surface area (Å²) in [5, 5.41) is 0. The van der Waals surface area contributed by atoms with Crippen LogP contribution in [0.25, 0.3) is 0 Å². The fourth-order valence-electron chi connectivity index (χ4n) is 3.23. The van der Waals surface area contributed by atoms with Gasteiger partial charge in [-0.25, -0.2) is 0 Å². The fourth-order valence-corrected chi connectivity index (χ4v) is 3.23. The van der Waals surface area contributed by atoms with Gasteiger partial charge in [0.2, 0.25) is 5.91 Å². The van der Waals surface area contributed by atoms with Crippen LogP contribution in [0.2, 0.25) is 0 Å². The number of nitrogens with zero attached hydrogens (tertiary/aromatic N) is 2. The molecule has 0 spiro atoms. The number of carbonyl (C=O) groups is 1. The maximum Gasteiger partial charge on any atom is 0.226 e. The van der Waals surface area contributed by atoms with Crippen LogP contribution in [0.1, 0.15) is 47.0 Å². The molecule has 0 aromatic carbocycles. The van der Waals surface area contributed by atoms with Crippen molar-refractivity contribution in [3.63, 3.8) is 0 Å². The lowest BCUT2D eigenvalue weighted by Gasteiger charge is -2.31. The number of hydrogen-bond acceptors (Lipinski definition) is 2. The summed E-state index contributed by atoms with van der Waals surface area (Å²) < 4.78 is 0. The van der Waals surface area contributed by atoms with Crippen molar-refractivity contribution in [2.75, 3.05) is 13.1 Å². The molecule has 2 aliphatic rings. The molecule has 3 nitrogen and oxygen atoms in total. The third kappa shape index (κ3) is 2.49. The first-order chi connectivity index (χ1) is 8.00. The molecule has 0 radical (unpaired) electrons. The molecule has 98 valence electrons. The van der Waals surface area contributed by atoms with E-state index in [1.54, 1.807) is 0 Å². The van der Waals surface area contributed by atoms with Crippen molar-refractivity contribution in [2.45, 2.75) is 59.2 Å². The minimum Gasteiger partial charge on any atom is -0.325 e. The third-order valence-electron chi connectivity index (χ3n) is 4.03. The van der Waals surface area contributed by atoms with Crippen molar-refractivity contribution >= 4 is 5.91 Å². The first-order valence-electron chi connectivity index (χ1n) is 7.07. The second kappa shape index (κ2) is 4.97. The van der Waals surface area contributed by atoms with Gasteiger partial charge in [0.15, 0.2) is 0 Å². The van der Waals surface area contributed by atoms with E-state index in [1.165, 1.54) is 19.4 Å². The lowest BCUT2D eigenvalue weighted by atomic mass is 10.1. The SMILES string of the molecule is CC(C)CC1N(C(=O)C(C)C)CC2CCCN21. The summed E-state index contributed by atoms with van der Waals surface area (Å²) in [6.45, 7) is 10.7. The minimum absolute atomic E-state index is 0.129. The maximum absolute atomic E-state index is 12.3. The highest BCUT2D eigenvalue weighted by atomic mass is 16.2. The van der Waals surface area contributed by atoms with Crippen LogP contribution in [0.3, 0.4) is 0 Å². The number of amides is 1. The van der Waals surface area contributed by atoms with E-state index < -0.39 is 0 Å². The number of rotatable bonds is 3. The molecule has 0 aliphatic carbocycles.